The summed E-state index contributed by atoms with van der Waals surface area (Å²) in [4.78, 5) is 16.4. The van der Waals surface area contributed by atoms with Gasteiger partial charge in [-0.15, -0.1) is 0 Å². The SMILES string of the molecule is CC(C)(C)c1cc(NC(=O)c2ccc(CSc3ncn[nH]3)cc2)on1. The first kappa shape index (κ1) is 17.2. The van der Waals surface area contributed by atoms with Crippen LogP contribution in [0.25, 0.3) is 0 Å². The average molecular weight is 357 g/mol. The lowest BCUT2D eigenvalue weighted by atomic mass is 9.92. The van der Waals surface area contributed by atoms with Crippen molar-refractivity contribution < 1.29 is 9.32 Å². The van der Waals surface area contributed by atoms with E-state index in [1.54, 1.807) is 30.0 Å². The van der Waals surface area contributed by atoms with Gasteiger partial charge in [0, 0.05) is 22.8 Å². The first-order valence-corrected chi connectivity index (χ1v) is 8.76. The summed E-state index contributed by atoms with van der Waals surface area (Å²) in [6, 6.07) is 9.15. The van der Waals surface area contributed by atoms with Crippen molar-refractivity contribution in [2.75, 3.05) is 5.32 Å². The summed E-state index contributed by atoms with van der Waals surface area (Å²) in [6.07, 6.45) is 1.48. The maximum absolute atomic E-state index is 12.3. The molecule has 0 bridgehead atoms. The predicted molar refractivity (Wildman–Crippen MR) is 95.5 cm³/mol. The molecule has 25 heavy (non-hydrogen) atoms. The van der Waals surface area contributed by atoms with Gasteiger partial charge in [-0.2, -0.15) is 5.10 Å². The predicted octanol–water partition coefficient (Wildman–Crippen LogP) is 3.63. The summed E-state index contributed by atoms with van der Waals surface area (Å²) < 4.78 is 5.19. The van der Waals surface area contributed by atoms with Crippen molar-refractivity contribution in [3.8, 4) is 0 Å². The van der Waals surface area contributed by atoms with Crippen molar-refractivity contribution >= 4 is 23.6 Å². The zero-order valence-electron chi connectivity index (χ0n) is 14.2. The monoisotopic (exact) mass is 357 g/mol. The highest BCUT2D eigenvalue weighted by Gasteiger charge is 2.20. The van der Waals surface area contributed by atoms with E-state index in [1.807, 2.05) is 32.9 Å². The van der Waals surface area contributed by atoms with Gasteiger partial charge in [0.15, 0.2) is 5.16 Å². The minimum Gasteiger partial charge on any atom is -0.338 e. The van der Waals surface area contributed by atoms with Crippen molar-refractivity contribution in [2.24, 2.45) is 0 Å². The minimum atomic E-state index is -0.231. The van der Waals surface area contributed by atoms with E-state index in [1.165, 1.54) is 6.33 Å². The molecule has 1 aromatic carbocycles. The van der Waals surface area contributed by atoms with Gasteiger partial charge in [0.25, 0.3) is 5.91 Å². The number of hydrogen-bond acceptors (Lipinski definition) is 6. The van der Waals surface area contributed by atoms with Crippen LogP contribution in [-0.2, 0) is 11.2 Å². The number of carbonyl (C=O) groups is 1. The van der Waals surface area contributed by atoms with Crippen molar-refractivity contribution in [3.63, 3.8) is 0 Å². The van der Waals surface area contributed by atoms with E-state index < -0.39 is 0 Å². The molecule has 0 aliphatic carbocycles. The van der Waals surface area contributed by atoms with Gasteiger partial charge in [-0.3, -0.25) is 15.2 Å². The summed E-state index contributed by atoms with van der Waals surface area (Å²) in [6.45, 7) is 6.10. The number of benzene rings is 1. The summed E-state index contributed by atoms with van der Waals surface area (Å²) in [5.41, 5.74) is 2.31. The second-order valence-electron chi connectivity index (χ2n) is 6.56. The third-order valence-electron chi connectivity index (χ3n) is 3.50. The number of anilines is 1. The van der Waals surface area contributed by atoms with E-state index >= 15 is 0 Å². The molecule has 3 aromatic rings. The number of rotatable bonds is 5. The standard InChI is InChI=1S/C17H19N5O2S/c1-17(2,3)13-8-14(24-22-13)20-15(23)12-6-4-11(5-7-12)9-25-16-18-10-19-21-16/h4-8,10H,9H2,1-3H3,(H,20,23)(H,18,19,21). The number of carbonyl (C=O) groups excluding carboxylic acids is 1. The minimum absolute atomic E-state index is 0.130. The molecule has 7 nitrogen and oxygen atoms in total. The van der Waals surface area contributed by atoms with Crippen LogP contribution in [0.15, 0.2) is 46.3 Å². The Labute approximate surface area is 149 Å². The van der Waals surface area contributed by atoms with E-state index in [-0.39, 0.29) is 11.3 Å². The highest BCUT2D eigenvalue weighted by atomic mass is 32.2. The Balaban J connectivity index is 1.59. The molecular weight excluding hydrogens is 338 g/mol. The van der Waals surface area contributed by atoms with E-state index in [2.05, 4.69) is 25.7 Å². The summed E-state index contributed by atoms with van der Waals surface area (Å²) >= 11 is 1.55. The topological polar surface area (TPSA) is 96.7 Å². The molecule has 0 saturated heterocycles. The molecule has 1 amide bonds. The molecule has 2 heterocycles. The van der Waals surface area contributed by atoms with Crippen LogP contribution in [0.1, 0.15) is 42.4 Å². The van der Waals surface area contributed by atoms with Gasteiger partial charge in [-0.1, -0.05) is 49.8 Å². The molecule has 0 atom stereocenters. The highest BCUT2D eigenvalue weighted by Crippen LogP contribution is 2.24. The fourth-order valence-electron chi connectivity index (χ4n) is 2.04. The molecule has 0 aliphatic rings. The first-order valence-electron chi connectivity index (χ1n) is 7.77. The van der Waals surface area contributed by atoms with E-state index in [4.69, 9.17) is 4.52 Å². The molecular formula is C17H19N5O2S. The molecule has 3 rings (SSSR count). The molecule has 0 fully saturated rings. The number of nitrogens with one attached hydrogen (secondary N) is 2. The third kappa shape index (κ3) is 4.48. The second-order valence-corrected chi connectivity index (χ2v) is 7.52. The van der Waals surface area contributed by atoms with Crippen molar-refractivity contribution in [3.05, 3.63) is 53.5 Å². The van der Waals surface area contributed by atoms with Crippen molar-refractivity contribution in [2.45, 2.75) is 37.1 Å². The van der Waals surface area contributed by atoms with Crippen LogP contribution in [0.4, 0.5) is 5.88 Å². The molecule has 0 saturated carbocycles. The summed E-state index contributed by atoms with van der Waals surface area (Å²) in [5, 5.41) is 14.1. The van der Waals surface area contributed by atoms with E-state index in [0.717, 1.165) is 22.2 Å². The Bertz CT molecular complexity index is 835. The number of nitrogens with zero attached hydrogens (tertiary/aromatic N) is 3. The van der Waals surface area contributed by atoms with Crippen LogP contribution in [0.5, 0.6) is 0 Å². The van der Waals surface area contributed by atoms with Crippen LogP contribution in [0.2, 0.25) is 0 Å². The number of thioether (sulfide) groups is 1. The highest BCUT2D eigenvalue weighted by molar-refractivity contribution is 7.98. The summed E-state index contributed by atoms with van der Waals surface area (Å²) in [5.74, 6) is 0.861. The van der Waals surface area contributed by atoms with Crippen LogP contribution in [0, 0.1) is 0 Å². The maximum Gasteiger partial charge on any atom is 0.258 e. The van der Waals surface area contributed by atoms with Gasteiger partial charge >= 0.3 is 0 Å². The van der Waals surface area contributed by atoms with Crippen molar-refractivity contribution in [1.29, 1.82) is 0 Å². The van der Waals surface area contributed by atoms with Crippen LogP contribution in [-0.4, -0.2) is 26.2 Å². The van der Waals surface area contributed by atoms with Gasteiger partial charge in [0.05, 0.1) is 5.69 Å². The van der Waals surface area contributed by atoms with Gasteiger partial charge in [0.2, 0.25) is 5.88 Å². The Hall–Kier alpha value is -2.61. The van der Waals surface area contributed by atoms with E-state index in [9.17, 15) is 4.79 Å². The van der Waals surface area contributed by atoms with Gasteiger partial charge in [-0.05, 0) is 17.7 Å². The summed E-state index contributed by atoms with van der Waals surface area (Å²) in [7, 11) is 0. The Morgan fingerprint density at radius 1 is 1.28 bits per heavy atom. The zero-order chi connectivity index (χ0) is 17.9. The largest absolute Gasteiger partial charge is 0.338 e. The number of hydrogen-bond donors (Lipinski definition) is 2. The van der Waals surface area contributed by atoms with Crippen LogP contribution < -0.4 is 5.32 Å². The fourth-order valence-corrected chi connectivity index (χ4v) is 2.77. The average Bonchev–Trinajstić information content (AvgIpc) is 3.24. The molecule has 0 radical (unpaired) electrons. The molecule has 2 N–H and O–H groups in total. The number of amides is 1. The fraction of sp³-hybridized carbons (Fsp3) is 0.294. The maximum atomic E-state index is 12.3. The number of aromatic nitrogens is 4. The Morgan fingerprint density at radius 2 is 2.04 bits per heavy atom. The lowest BCUT2D eigenvalue weighted by Gasteiger charge is -2.12. The quantitative estimate of drug-likeness (QED) is 0.677. The van der Waals surface area contributed by atoms with Crippen LogP contribution in [0.3, 0.4) is 0 Å². The smallest absolute Gasteiger partial charge is 0.258 e. The molecule has 130 valence electrons. The third-order valence-corrected chi connectivity index (χ3v) is 4.45. The molecule has 8 heteroatoms. The van der Waals surface area contributed by atoms with Crippen LogP contribution >= 0.6 is 11.8 Å². The molecule has 0 spiro atoms. The molecule has 0 aliphatic heterocycles. The Morgan fingerprint density at radius 3 is 2.64 bits per heavy atom. The molecule has 0 unspecified atom stereocenters. The zero-order valence-corrected chi connectivity index (χ0v) is 15.1. The lowest BCUT2D eigenvalue weighted by molar-refractivity contribution is 0.102. The first-order chi connectivity index (χ1) is 11.9. The van der Waals surface area contributed by atoms with Crippen molar-refractivity contribution in [1.82, 2.24) is 20.3 Å². The second kappa shape index (κ2) is 7.10. The molecule has 2 aromatic heterocycles. The van der Waals surface area contributed by atoms with E-state index in [0.29, 0.717) is 11.4 Å². The number of aromatic amines is 1. The Kier molecular flexibility index (Phi) is 4.89. The lowest BCUT2D eigenvalue weighted by Crippen LogP contribution is -2.12. The number of H-pyrrole nitrogens is 1. The van der Waals surface area contributed by atoms with Gasteiger partial charge < -0.3 is 4.52 Å². The van der Waals surface area contributed by atoms with Gasteiger partial charge in [-0.25, -0.2) is 4.98 Å². The normalized spacial score (nSPS) is 11.5. The van der Waals surface area contributed by atoms with Gasteiger partial charge in [0.1, 0.15) is 6.33 Å².